The number of nitrogens with one attached hydrogen (secondary N) is 1. The van der Waals surface area contributed by atoms with E-state index in [9.17, 15) is 4.79 Å². The van der Waals surface area contributed by atoms with Crippen molar-refractivity contribution in [3.8, 4) is 0 Å². The Morgan fingerprint density at radius 2 is 2.25 bits per heavy atom. The average molecular weight is 277 g/mol. The van der Waals surface area contributed by atoms with Gasteiger partial charge in [-0.05, 0) is 45.0 Å². The fraction of sp³-hybridized carbons (Fsp3) is 0.533. The molecule has 0 unspecified atom stereocenters. The summed E-state index contributed by atoms with van der Waals surface area (Å²) in [5.74, 6) is -0.334. The Bertz CT molecular complexity index is 472. The van der Waals surface area contributed by atoms with E-state index in [1.54, 1.807) is 19.1 Å². The zero-order chi connectivity index (χ0) is 14.5. The van der Waals surface area contributed by atoms with Gasteiger partial charge >= 0.3 is 5.97 Å². The fourth-order valence-corrected chi connectivity index (χ4v) is 2.13. The first kappa shape index (κ1) is 14.7. The number of ether oxygens (including phenoxy) is 1. The first-order valence-electron chi connectivity index (χ1n) is 7.12. The molecule has 0 spiro atoms. The van der Waals surface area contributed by atoms with Gasteiger partial charge in [0, 0.05) is 19.1 Å². The highest BCUT2D eigenvalue weighted by Crippen LogP contribution is 2.25. The van der Waals surface area contributed by atoms with Gasteiger partial charge in [-0.1, -0.05) is 0 Å². The maximum absolute atomic E-state index is 11.6. The zero-order valence-corrected chi connectivity index (χ0v) is 12.2. The monoisotopic (exact) mass is 277 g/mol. The molecule has 20 heavy (non-hydrogen) atoms. The molecule has 1 aliphatic carbocycles. The van der Waals surface area contributed by atoms with Gasteiger partial charge in [0.05, 0.1) is 23.5 Å². The number of esters is 1. The van der Waals surface area contributed by atoms with Crippen LogP contribution >= 0.6 is 0 Å². The molecule has 0 radical (unpaired) electrons. The van der Waals surface area contributed by atoms with Crippen LogP contribution in [0.5, 0.6) is 0 Å². The third-order valence-electron chi connectivity index (χ3n) is 3.51. The second-order valence-electron chi connectivity index (χ2n) is 5.16. The molecule has 110 valence electrons. The molecule has 0 amide bonds. The van der Waals surface area contributed by atoms with Crippen LogP contribution in [0.3, 0.4) is 0 Å². The van der Waals surface area contributed by atoms with E-state index in [1.165, 1.54) is 12.8 Å². The molecule has 1 aromatic carbocycles. The maximum atomic E-state index is 11.6. The number of hydrogen-bond donors (Lipinski definition) is 2. The SMILES string of the molecule is CCOC(=O)c1ccc(NCCN(C)C2CC2)c(N)c1. The summed E-state index contributed by atoms with van der Waals surface area (Å²) in [5.41, 5.74) is 7.89. The number of carbonyl (C=O) groups is 1. The third kappa shape index (κ3) is 3.87. The van der Waals surface area contributed by atoms with Crippen molar-refractivity contribution >= 4 is 17.3 Å². The lowest BCUT2D eigenvalue weighted by Crippen LogP contribution is -2.27. The molecule has 5 heteroatoms. The molecule has 0 aromatic heterocycles. The topological polar surface area (TPSA) is 67.6 Å². The molecule has 0 bridgehead atoms. The van der Waals surface area contributed by atoms with Crippen LogP contribution in [0.1, 0.15) is 30.1 Å². The normalized spacial score (nSPS) is 14.3. The van der Waals surface area contributed by atoms with Crippen LogP contribution in [0.25, 0.3) is 0 Å². The molecule has 0 saturated heterocycles. The highest BCUT2D eigenvalue weighted by atomic mass is 16.5. The highest BCUT2D eigenvalue weighted by Gasteiger charge is 2.25. The van der Waals surface area contributed by atoms with Crippen molar-refractivity contribution in [1.29, 1.82) is 0 Å². The van der Waals surface area contributed by atoms with E-state index in [-0.39, 0.29) is 5.97 Å². The van der Waals surface area contributed by atoms with Crippen molar-refractivity contribution in [3.63, 3.8) is 0 Å². The number of nitrogen functional groups attached to an aromatic ring is 1. The van der Waals surface area contributed by atoms with Gasteiger partial charge in [-0.3, -0.25) is 0 Å². The number of anilines is 2. The Morgan fingerprint density at radius 1 is 1.50 bits per heavy atom. The standard InChI is InChI=1S/C15H23N3O2/c1-3-20-15(19)11-4-7-14(13(16)10-11)17-8-9-18(2)12-5-6-12/h4,7,10,12,17H,3,5-6,8-9,16H2,1-2H3. The molecular weight excluding hydrogens is 254 g/mol. The minimum Gasteiger partial charge on any atom is -0.462 e. The van der Waals surface area contributed by atoms with Gasteiger partial charge in [0.1, 0.15) is 0 Å². The molecular formula is C15H23N3O2. The molecule has 5 nitrogen and oxygen atoms in total. The molecule has 1 fully saturated rings. The molecule has 2 rings (SSSR count). The summed E-state index contributed by atoms with van der Waals surface area (Å²) >= 11 is 0. The van der Waals surface area contributed by atoms with Crippen LogP contribution in [0.4, 0.5) is 11.4 Å². The number of hydrogen-bond acceptors (Lipinski definition) is 5. The second kappa shape index (κ2) is 6.61. The van der Waals surface area contributed by atoms with E-state index in [0.717, 1.165) is 24.8 Å². The van der Waals surface area contributed by atoms with Crippen molar-refractivity contribution in [2.24, 2.45) is 0 Å². The van der Waals surface area contributed by atoms with Crippen LogP contribution in [0.2, 0.25) is 0 Å². The van der Waals surface area contributed by atoms with Crippen molar-refractivity contribution < 1.29 is 9.53 Å². The summed E-state index contributed by atoms with van der Waals surface area (Å²) in [6.07, 6.45) is 2.62. The van der Waals surface area contributed by atoms with Crippen LogP contribution < -0.4 is 11.1 Å². The number of benzene rings is 1. The molecule has 1 saturated carbocycles. The van der Waals surface area contributed by atoms with E-state index < -0.39 is 0 Å². The lowest BCUT2D eigenvalue weighted by Gasteiger charge is -2.17. The lowest BCUT2D eigenvalue weighted by molar-refractivity contribution is 0.0526. The molecule has 1 aromatic rings. The minimum absolute atomic E-state index is 0.334. The predicted octanol–water partition coefficient (Wildman–Crippen LogP) is 1.95. The summed E-state index contributed by atoms with van der Waals surface area (Å²) in [5, 5.41) is 3.31. The van der Waals surface area contributed by atoms with E-state index in [0.29, 0.717) is 17.9 Å². The Hall–Kier alpha value is -1.75. The summed E-state index contributed by atoms with van der Waals surface area (Å²) in [6.45, 7) is 3.99. The van der Waals surface area contributed by atoms with Gasteiger partial charge in [0.2, 0.25) is 0 Å². The first-order valence-corrected chi connectivity index (χ1v) is 7.12. The first-order chi connectivity index (χ1) is 9.61. The minimum atomic E-state index is -0.334. The van der Waals surface area contributed by atoms with Gasteiger partial charge < -0.3 is 20.7 Å². The van der Waals surface area contributed by atoms with Gasteiger partial charge in [-0.25, -0.2) is 4.79 Å². The van der Waals surface area contributed by atoms with Crippen molar-refractivity contribution in [1.82, 2.24) is 4.90 Å². The quantitative estimate of drug-likeness (QED) is 0.589. The number of likely N-dealkylation sites (N-methyl/N-ethyl adjacent to an activating group) is 1. The molecule has 0 aliphatic heterocycles. The second-order valence-corrected chi connectivity index (χ2v) is 5.16. The Morgan fingerprint density at radius 3 is 2.85 bits per heavy atom. The summed E-state index contributed by atoms with van der Waals surface area (Å²) < 4.78 is 4.95. The number of carbonyl (C=O) groups excluding carboxylic acids is 1. The summed E-state index contributed by atoms with van der Waals surface area (Å²) in [4.78, 5) is 13.9. The smallest absolute Gasteiger partial charge is 0.338 e. The summed E-state index contributed by atoms with van der Waals surface area (Å²) in [7, 11) is 2.15. The van der Waals surface area contributed by atoms with Crippen molar-refractivity contribution in [2.45, 2.75) is 25.8 Å². The van der Waals surface area contributed by atoms with Crippen LogP contribution in [0, 0.1) is 0 Å². The largest absolute Gasteiger partial charge is 0.462 e. The molecule has 0 heterocycles. The zero-order valence-electron chi connectivity index (χ0n) is 12.2. The average Bonchev–Trinajstić information content (AvgIpc) is 3.25. The summed E-state index contributed by atoms with van der Waals surface area (Å²) in [6, 6.07) is 5.99. The number of rotatable bonds is 7. The van der Waals surface area contributed by atoms with E-state index in [1.807, 2.05) is 6.07 Å². The number of nitrogens with zero attached hydrogens (tertiary/aromatic N) is 1. The van der Waals surface area contributed by atoms with E-state index in [4.69, 9.17) is 10.5 Å². The van der Waals surface area contributed by atoms with E-state index in [2.05, 4.69) is 17.3 Å². The Balaban J connectivity index is 1.86. The Labute approximate surface area is 120 Å². The van der Waals surface area contributed by atoms with Crippen molar-refractivity contribution in [2.75, 3.05) is 37.8 Å². The van der Waals surface area contributed by atoms with Crippen LogP contribution in [0.15, 0.2) is 18.2 Å². The predicted molar refractivity (Wildman–Crippen MR) is 81.0 cm³/mol. The highest BCUT2D eigenvalue weighted by molar-refractivity contribution is 5.91. The van der Waals surface area contributed by atoms with E-state index >= 15 is 0 Å². The van der Waals surface area contributed by atoms with Crippen LogP contribution in [-0.4, -0.2) is 43.7 Å². The molecule has 3 N–H and O–H groups in total. The molecule has 1 aliphatic rings. The van der Waals surface area contributed by atoms with Gasteiger partial charge in [0.15, 0.2) is 0 Å². The van der Waals surface area contributed by atoms with Crippen LogP contribution in [-0.2, 0) is 4.74 Å². The van der Waals surface area contributed by atoms with Gasteiger partial charge in [-0.15, -0.1) is 0 Å². The Kier molecular flexibility index (Phi) is 4.84. The van der Waals surface area contributed by atoms with Gasteiger partial charge in [0.25, 0.3) is 0 Å². The van der Waals surface area contributed by atoms with Gasteiger partial charge in [-0.2, -0.15) is 0 Å². The molecule has 0 atom stereocenters. The number of nitrogens with two attached hydrogens (primary N) is 1. The fourth-order valence-electron chi connectivity index (χ4n) is 2.13. The lowest BCUT2D eigenvalue weighted by atomic mass is 10.1. The van der Waals surface area contributed by atoms with Crippen molar-refractivity contribution in [3.05, 3.63) is 23.8 Å². The third-order valence-corrected chi connectivity index (χ3v) is 3.51. The maximum Gasteiger partial charge on any atom is 0.338 e.